The quantitative estimate of drug-likeness (QED) is 0.840. The molecular weight excluding hydrogens is 248 g/mol. The van der Waals surface area contributed by atoms with Crippen molar-refractivity contribution in [1.82, 2.24) is 10.3 Å². The van der Waals surface area contributed by atoms with E-state index in [2.05, 4.69) is 42.3 Å². The second kappa shape index (κ2) is 7.65. The van der Waals surface area contributed by atoms with E-state index < -0.39 is 0 Å². The number of aromatic nitrogens is 1. The molecule has 3 heteroatoms. The van der Waals surface area contributed by atoms with Crippen LogP contribution in [0, 0.1) is 6.92 Å². The monoisotopic (exact) mass is 270 g/mol. The number of hydrogen-bond acceptors (Lipinski definition) is 3. The minimum Gasteiger partial charge on any atom is -0.492 e. The molecule has 2 rings (SSSR count). The number of pyridine rings is 1. The van der Waals surface area contributed by atoms with Crippen LogP contribution in [0.25, 0.3) is 0 Å². The molecule has 0 bridgehead atoms. The van der Waals surface area contributed by atoms with Crippen LogP contribution in [0.2, 0.25) is 0 Å². The minimum atomic E-state index is 0.327. The van der Waals surface area contributed by atoms with Gasteiger partial charge < -0.3 is 10.1 Å². The molecule has 1 aromatic heterocycles. The van der Waals surface area contributed by atoms with Crippen LogP contribution in [-0.2, 0) is 6.42 Å². The minimum absolute atomic E-state index is 0.327. The number of ether oxygens (including phenoxy) is 1. The Morgan fingerprint density at radius 2 is 2.00 bits per heavy atom. The maximum Gasteiger partial charge on any atom is 0.119 e. The molecule has 0 amide bonds. The number of nitrogens with one attached hydrogen (secondary N) is 1. The molecule has 1 N–H and O–H groups in total. The van der Waals surface area contributed by atoms with Crippen LogP contribution in [0.15, 0.2) is 48.8 Å². The molecule has 0 aliphatic heterocycles. The van der Waals surface area contributed by atoms with Crippen molar-refractivity contribution in [3.8, 4) is 5.75 Å². The molecule has 1 aromatic carbocycles. The molecule has 0 aliphatic carbocycles. The zero-order chi connectivity index (χ0) is 14.2. The molecule has 1 unspecified atom stereocenters. The first kappa shape index (κ1) is 14.5. The van der Waals surface area contributed by atoms with Gasteiger partial charge in [0.05, 0.1) is 0 Å². The van der Waals surface area contributed by atoms with Gasteiger partial charge in [-0.25, -0.2) is 0 Å². The second-order valence-electron chi connectivity index (χ2n) is 5.09. The average molecular weight is 270 g/mol. The molecule has 0 saturated heterocycles. The molecule has 3 nitrogen and oxygen atoms in total. The Bertz CT molecular complexity index is 496. The van der Waals surface area contributed by atoms with Crippen LogP contribution in [0.1, 0.15) is 18.1 Å². The topological polar surface area (TPSA) is 34.1 Å². The lowest BCUT2D eigenvalue weighted by molar-refractivity contribution is 0.274. The Balaban J connectivity index is 1.65. The first-order valence-electron chi connectivity index (χ1n) is 7.06. The van der Waals surface area contributed by atoms with Crippen molar-refractivity contribution < 1.29 is 4.74 Å². The standard InChI is InChI=1S/C17H22N2O/c1-14-5-7-17(8-6-14)20-13-15(2)19-11-9-16-4-3-10-18-12-16/h3-8,10,12,15,19H,9,11,13H2,1-2H3. The van der Waals surface area contributed by atoms with Crippen molar-refractivity contribution in [2.24, 2.45) is 0 Å². The Kier molecular flexibility index (Phi) is 5.56. The molecule has 0 saturated carbocycles. The van der Waals surface area contributed by atoms with Gasteiger partial charge in [-0.15, -0.1) is 0 Å². The zero-order valence-electron chi connectivity index (χ0n) is 12.2. The highest BCUT2D eigenvalue weighted by Crippen LogP contribution is 2.11. The van der Waals surface area contributed by atoms with Crippen molar-refractivity contribution in [2.75, 3.05) is 13.2 Å². The molecule has 0 aliphatic rings. The first-order chi connectivity index (χ1) is 9.74. The fourth-order valence-electron chi connectivity index (χ4n) is 1.92. The van der Waals surface area contributed by atoms with Crippen molar-refractivity contribution in [1.29, 1.82) is 0 Å². The smallest absolute Gasteiger partial charge is 0.119 e. The van der Waals surface area contributed by atoms with E-state index in [1.54, 1.807) is 6.20 Å². The largest absolute Gasteiger partial charge is 0.492 e. The number of hydrogen-bond donors (Lipinski definition) is 1. The number of rotatable bonds is 7. The van der Waals surface area contributed by atoms with Gasteiger partial charge in [-0.3, -0.25) is 4.98 Å². The van der Waals surface area contributed by atoms with Crippen molar-refractivity contribution in [3.63, 3.8) is 0 Å². The Labute approximate surface area is 121 Å². The van der Waals surface area contributed by atoms with Crippen LogP contribution in [0.4, 0.5) is 0 Å². The van der Waals surface area contributed by atoms with Crippen molar-refractivity contribution in [3.05, 3.63) is 59.9 Å². The van der Waals surface area contributed by atoms with E-state index in [4.69, 9.17) is 4.74 Å². The third kappa shape index (κ3) is 5.02. The molecule has 106 valence electrons. The van der Waals surface area contributed by atoms with Crippen LogP contribution >= 0.6 is 0 Å². The third-order valence-corrected chi connectivity index (χ3v) is 3.15. The van der Waals surface area contributed by atoms with E-state index in [1.807, 2.05) is 24.4 Å². The normalized spacial score (nSPS) is 12.1. The average Bonchev–Trinajstić information content (AvgIpc) is 2.48. The molecule has 0 fully saturated rings. The highest BCUT2D eigenvalue weighted by Gasteiger charge is 2.02. The third-order valence-electron chi connectivity index (χ3n) is 3.15. The number of benzene rings is 1. The van der Waals surface area contributed by atoms with Crippen LogP contribution in [-0.4, -0.2) is 24.2 Å². The van der Waals surface area contributed by atoms with Gasteiger partial charge in [-0.2, -0.15) is 0 Å². The van der Waals surface area contributed by atoms with Crippen LogP contribution in [0.3, 0.4) is 0 Å². The van der Waals surface area contributed by atoms with Gasteiger partial charge >= 0.3 is 0 Å². The SMILES string of the molecule is Cc1ccc(OCC(C)NCCc2cccnc2)cc1. The molecule has 0 spiro atoms. The van der Waals surface area contributed by atoms with E-state index >= 15 is 0 Å². The highest BCUT2D eigenvalue weighted by atomic mass is 16.5. The Hall–Kier alpha value is -1.87. The van der Waals surface area contributed by atoms with Crippen molar-refractivity contribution in [2.45, 2.75) is 26.3 Å². The summed E-state index contributed by atoms with van der Waals surface area (Å²) in [6.07, 6.45) is 4.70. The molecule has 20 heavy (non-hydrogen) atoms. The second-order valence-corrected chi connectivity index (χ2v) is 5.09. The molecular formula is C17H22N2O. The molecule has 1 heterocycles. The lowest BCUT2D eigenvalue weighted by atomic mass is 10.2. The lowest BCUT2D eigenvalue weighted by Crippen LogP contribution is -2.33. The van der Waals surface area contributed by atoms with Crippen LogP contribution < -0.4 is 10.1 Å². The first-order valence-corrected chi connectivity index (χ1v) is 7.06. The summed E-state index contributed by atoms with van der Waals surface area (Å²) in [7, 11) is 0. The zero-order valence-corrected chi connectivity index (χ0v) is 12.2. The van der Waals surface area contributed by atoms with E-state index in [0.29, 0.717) is 12.6 Å². The van der Waals surface area contributed by atoms with E-state index in [1.165, 1.54) is 11.1 Å². The van der Waals surface area contributed by atoms with Gasteiger partial charge in [-0.1, -0.05) is 23.8 Å². The van der Waals surface area contributed by atoms with Crippen molar-refractivity contribution >= 4 is 0 Å². The fraction of sp³-hybridized carbons (Fsp3) is 0.353. The van der Waals surface area contributed by atoms with Gasteiger partial charge in [0.2, 0.25) is 0 Å². The van der Waals surface area contributed by atoms with Crippen LogP contribution in [0.5, 0.6) is 5.75 Å². The molecule has 1 atom stereocenters. The number of aryl methyl sites for hydroxylation is 1. The summed E-state index contributed by atoms with van der Waals surface area (Å²) in [4.78, 5) is 4.11. The van der Waals surface area contributed by atoms with E-state index in [9.17, 15) is 0 Å². The predicted molar refractivity (Wildman–Crippen MR) is 82.1 cm³/mol. The van der Waals surface area contributed by atoms with Gasteiger partial charge in [-0.05, 0) is 50.6 Å². The summed E-state index contributed by atoms with van der Waals surface area (Å²) in [6.45, 7) is 5.82. The Morgan fingerprint density at radius 3 is 2.70 bits per heavy atom. The molecule has 0 radical (unpaired) electrons. The summed E-state index contributed by atoms with van der Waals surface area (Å²) in [6, 6.07) is 12.6. The fourth-order valence-corrected chi connectivity index (χ4v) is 1.92. The lowest BCUT2D eigenvalue weighted by Gasteiger charge is -2.15. The number of nitrogens with zero attached hydrogens (tertiary/aromatic N) is 1. The summed E-state index contributed by atoms with van der Waals surface area (Å²) in [5, 5.41) is 3.46. The van der Waals surface area contributed by atoms with Gasteiger partial charge in [0, 0.05) is 18.4 Å². The molecule has 2 aromatic rings. The summed E-state index contributed by atoms with van der Waals surface area (Å²) >= 11 is 0. The van der Waals surface area contributed by atoms with Gasteiger partial charge in [0.15, 0.2) is 0 Å². The summed E-state index contributed by atoms with van der Waals surface area (Å²) in [5.74, 6) is 0.927. The van der Waals surface area contributed by atoms with E-state index in [0.717, 1.165) is 18.7 Å². The van der Waals surface area contributed by atoms with Gasteiger partial charge in [0.1, 0.15) is 12.4 Å². The maximum absolute atomic E-state index is 5.75. The highest BCUT2D eigenvalue weighted by molar-refractivity contribution is 5.26. The predicted octanol–water partition coefficient (Wildman–Crippen LogP) is 2.99. The summed E-state index contributed by atoms with van der Waals surface area (Å²) in [5.41, 5.74) is 2.51. The van der Waals surface area contributed by atoms with Gasteiger partial charge in [0.25, 0.3) is 0 Å². The van der Waals surface area contributed by atoms with E-state index in [-0.39, 0.29) is 0 Å². The Morgan fingerprint density at radius 1 is 1.20 bits per heavy atom. The maximum atomic E-state index is 5.75. The summed E-state index contributed by atoms with van der Waals surface area (Å²) < 4.78 is 5.75.